The van der Waals surface area contributed by atoms with Crippen molar-refractivity contribution < 1.29 is 9.53 Å². The van der Waals surface area contributed by atoms with Gasteiger partial charge in [-0.25, -0.2) is 0 Å². The van der Waals surface area contributed by atoms with Crippen LogP contribution in [0, 0.1) is 0 Å². The summed E-state index contributed by atoms with van der Waals surface area (Å²) in [6.07, 6.45) is 0.457. The largest absolute Gasteiger partial charge is 0.489 e. The lowest BCUT2D eigenvalue weighted by atomic mass is 10.0. The maximum atomic E-state index is 12.1. The van der Waals surface area contributed by atoms with Gasteiger partial charge in [0, 0.05) is 21.1 Å². The Bertz CT molecular complexity index is 735. The summed E-state index contributed by atoms with van der Waals surface area (Å²) in [5, 5.41) is 4.03. The SMILES string of the molecule is CC(C)(C)NC(=O)C(N)Cc1ccc(OCc2c(Cl)cccc2Cl)cc1. The van der Waals surface area contributed by atoms with Crippen LogP contribution in [0.4, 0.5) is 0 Å². The van der Waals surface area contributed by atoms with Crippen molar-refractivity contribution in [3.63, 3.8) is 0 Å². The highest BCUT2D eigenvalue weighted by molar-refractivity contribution is 6.35. The topological polar surface area (TPSA) is 64.4 Å². The van der Waals surface area contributed by atoms with E-state index in [1.165, 1.54) is 0 Å². The normalized spacial score (nSPS) is 12.5. The fourth-order valence-electron chi connectivity index (χ4n) is 2.36. The lowest BCUT2D eigenvalue weighted by Gasteiger charge is -2.23. The summed E-state index contributed by atoms with van der Waals surface area (Å²) in [6.45, 7) is 6.06. The third kappa shape index (κ3) is 6.20. The molecule has 0 bridgehead atoms. The number of carbonyl (C=O) groups excluding carboxylic acids is 1. The fourth-order valence-corrected chi connectivity index (χ4v) is 2.86. The minimum Gasteiger partial charge on any atom is -0.489 e. The van der Waals surface area contributed by atoms with Crippen LogP contribution in [-0.2, 0) is 17.8 Å². The molecule has 2 rings (SSSR count). The summed E-state index contributed by atoms with van der Waals surface area (Å²) in [6, 6.07) is 12.2. The van der Waals surface area contributed by atoms with Crippen LogP contribution in [0.15, 0.2) is 42.5 Å². The molecule has 0 fully saturated rings. The second-order valence-electron chi connectivity index (χ2n) is 7.18. The molecule has 0 aliphatic heterocycles. The van der Waals surface area contributed by atoms with E-state index in [0.29, 0.717) is 22.2 Å². The average molecular weight is 395 g/mol. The van der Waals surface area contributed by atoms with Gasteiger partial charge in [-0.05, 0) is 57.0 Å². The monoisotopic (exact) mass is 394 g/mol. The molecule has 0 aromatic heterocycles. The number of benzene rings is 2. The van der Waals surface area contributed by atoms with E-state index in [9.17, 15) is 4.79 Å². The molecule has 0 heterocycles. The molecule has 140 valence electrons. The second-order valence-corrected chi connectivity index (χ2v) is 8.00. The molecule has 1 atom stereocenters. The molecule has 0 radical (unpaired) electrons. The number of halogens is 2. The molecule has 0 saturated heterocycles. The van der Waals surface area contributed by atoms with Crippen molar-refractivity contribution in [3.05, 3.63) is 63.6 Å². The summed E-state index contributed by atoms with van der Waals surface area (Å²) in [5.74, 6) is 0.531. The standard InChI is InChI=1S/C20H24Cl2N2O2/c1-20(2,3)24-19(25)18(23)11-13-7-9-14(10-8-13)26-12-15-16(21)5-4-6-17(15)22/h4-10,18H,11-12,23H2,1-3H3,(H,24,25). The van der Waals surface area contributed by atoms with Gasteiger partial charge in [0.1, 0.15) is 12.4 Å². The summed E-state index contributed by atoms with van der Waals surface area (Å²) in [4.78, 5) is 12.1. The fraction of sp³-hybridized carbons (Fsp3) is 0.350. The highest BCUT2D eigenvalue weighted by Gasteiger charge is 2.19. The molecule has 26 heavy (non-hydrogen) atoms. The highest BCUT2D eigenvalue weighted by atomic mass is 35.5. The van der Waals surface area contributed by atoms with Gasteiger partial charge in [-0.15, -0.1) is 0 Å². The number of hydrogen-bond donors (Lipinski definition) is 2. The minimum absolute atomic E-state index is 0.161. The number of amides is 1. The van der Waals surface area contributed by atoms with Crippen LogP contribution in [0.2, 0.25) is 10.0 Å². The zero-order valence-electron chi connectivity index (χ0n) is 15.2. The number of nitrogens with two attached hydrogens (primary N) is 1. The van der Waals surface area contributed by atoms with E-state index >= 15 is 0 Å². The highest BCUT2D eigenvalue weighted by Crippen LogP contribution is 2.26. The molecule has 6 heteroatoms. The summed E-state index contributed by atoms with van der Waals surface area (Å²) < 4.78 is 5.75. The smallest absolute Gasteiger partial charge is 0.237 e. The number of nitrogens with one attached hydrogen (secondary N) is 1. The Morgan fingerprint density at radius 1 is 1.12 bits per heavy atom. The van der Waals surface area contributed by atoms with Gasteiger partial charge in [0.15, 0.2) is 0 Å². The first-order valence-electron chi connectivity index (χ1n) is 8.38. The van der Waals surface area contributed by atoms with Crippen molar-refractivity contribution in [2.75, 3.05) is 0 Å². The van der Waals surface area contributed by atoms with Crippen molar-refractivity contribution in [1.29, 1.82) is 0 Å². The molecule has 1 amide bonds. The Hall–Kier alpha value is -1.75. The number of ether oxygens (including phenoxy) is 1. The Labute approximate surface area is 164 Å². The van der Waals surface area contributed by atoms with Crippen LogP contribution in [0.5, 0.6) is 5.75 Å². The number of rotatable bonds is 6. The first-order valence-corrected chi connectivity index (χ1v) is 9.13. The third-order valence-corrected chi connectivity index (χ3v) is 4.37. The maximum absolute atomic E-state index is 12.1. The molecule has 0 spiro atoms. The van der Waals surface area contributed by atoms with Crippen LogP contribution in [0.1, 0.15) is 31.9 Å². The van der Waals surface area contributed by atoms with Gasteiger partial charge in [-0.3, -0.25) is 4.79 Å². The van der Waals surface area contributed by atoms with Gasteiger partial charge in [0.05, 0.1) is 6.04 Å². The number of carbonyl (C=O) groups is 1. The van der Waals surface area contributed by atoms with E-state index in [0.717, 1.165) is 11.1 Å². The summed E-state index contributed by atoms with van der Waals surface area (Å²) in [5.41, 5.74) is 7.40. The predicted octanol–water partition coefficient (Wildman–Crippen LogP) is 4.36. The first kappa shape index (κ1) is 20.6. The molecular weight excluding hydrogens is 371 g/mol. The van der Waals surface area contributed by atoms with Gasteiger partial charge in [-0.2, -0.15) is 0 Å². The molecule has 0 aliphatic carbocycles. The number of hydrogen-bond acceptors (Lipinski definition) is 3. The Morgan fingerprint density at radius 3 is 2.23 bits per heavy atom. The average Bonchev–Trinajstić information content (AvgIpc) is 2.54. The molecule has 2 aromatic rings. The lowest BCUT2D eigenvalue weighted by Crippen LogP contribution is -2.49. The van der Waals surface area contributed by atoms with E-state index in [4.69, 9.17) is 33.7 Å². The molecule has 3 N–H and O–H groups in total. The third-order valence-electron chi connectivity index (χ3n) is 3.66. The second kappa shape index (κ2) is 8.76. The summed E-state index contributed by atoms with van der Waals surface area (Å²) in [7, 11) is 0. The maximum Gasteiger partial charge on any atom is 0.237 e. The Balaban J connectivity index is 1.93. The summed E-state index contributed by atoms with van der Waals surface area (Å²) >= 11 is 12.3. The minimum atomic E-state index is -0.595. The van der Waals surface area contributed by atoms with Crippen LogP contribution < -0.4 is 15.8 Å². The zero-order valence-corrected chi connectivity index (χ0v) is 16.7. The van der Waals surface area contributed by atoms with E-state index in [1.807, 2.05) is 45.0 Å². The Morgan fingerprint density at radius 2 is 1.69 bits per heavy atom. The Kier molecular flexibility index (Phi) is 6.93. The predicted molar refractivity (Wildman–Crippen MR) is 107 cm³/mol. The van der Waals surface area contributed by atoms with E-state index in [1.54, 1.807) is 18.2 Å². The molecule has 0 aliphatic rings. The molecule has 1 unspecified atom stereocenters. The van der Waals surface area contributed by atoms with Gasteiger partial charge in [-0.1, -0.05) is 41.4 Å². The van der Waals surface area contributed by atoms with Crippen molar-refractivity contribution in [3.8, 4) is 5.75 Å². The molecule has 0 saturated carbocycles. The van der Waals surface area contributed by atoms with E-state index < -0.39 is 6.04 Å². The van der Waals surface area contributed by atoms with Gasteiger partial charge >= 0.3 is 0 Å². The van der Waals surface area contributed by atoms with Crippen molar-refractivity contribution in [2.24, 2.45) is 5.73 Å². The quantitative estimate of drug-likeness (QED) is 0.764. The molecule has 2 aromatic carbocycles. The first-order chi connectivity index (χ1) is 12.2. The molecular formula is C20H24Cl2N2O2. The van der Waals surface area contributed by atoms with Gasteiger partial charge in [0.25, 0.3) is 0 Å². The molecule has 4 nitrogen and oxygen atoms in total. The van der Waals surface area contributed by atoms with E-state index in [-0.39, 0.29) is 18.1 Å². The van der Waals surface area contributed by atoms with Crippen LogP contribution in [0.25, 0.3) is 0 Å². The van der Waals surface area contributed by atoms with Crippen molar-refractivity contribution in [1.82, 2.24) is 5.32 Å². The van der Waals surface area contributed by atoms with Gasteiger partial charge < -0.3 is 15.8 Å². The van der Waals surface area contributed by atoms with Crippen molar-refractivity contribution >= 4 is 29.1 Å². The van der Waals surface area contributed by atoms with Crippen LogP contribution in [0.3, 0.4) is 0 Å². The zero-order chi connectivity index (χ0) is 19.3. The lowest BCUT2D eigenvalue weighted by molar-refractivity contribution is -0.123. The van der Waals surface area contributed by atoms with Crippen LogP contribution >= 0.6 is 23.2 Å². The van der Waals surface area contributed by atoms with E-state index in [2.05, 4.69) is 5.32 Å². The van der Waals surface area contributed by atoms with Gasteiger partial charge in [0.2, 0.25) is 5.91 Å². The van der Waals surface area contributed by atoms with Crippen molar-refractivity contribution in [2.45, 2.75) is 45.4 Å². The van der Waals surface area contributed by atoms with Crippen LogP contribution in [-0.4, -0.2) is 17.5 Å².